The minimum absolute atomic E-state index is 0.0300. The lowest BCUT2D eigenvalue weighted by molar-refractivity contribution is -0.138. The number of carbonyl (C=O) groups excluding carboxylic acids is 2. The first-order valence-corrected chi connectivity index (χ1v) is 10.2. The molecule has 29 heavy (non-hydrogen) atoms. The van der Waals surface area contributed by atoms with Crippen LogP contribution in [0, 0.1) is 5.41 Å². The van der Waals surface area contributed by atoms with Crippen LogP contribution in [-0.2, 0) is 22.6 Å². The van der Waals surface area contributed by atoms with Crippen molar-refractivity contribution in [2.45, 2.75) is 38.7 Å². The average Bonchev–Trinajstić information content (AvgIpc) is 3.41. The highest BCUT2D eigenvalue weighted by atomic mass is 16.5. The molecule has 2 aromatic heterocycles. The predicted molar refractivity (Wildman–Crippen MR) is 105 cm³/mol. The SMILES string of the molecule is COCc1ccc(C(=O)N2CCC[C@]3(CCC(=O)N(CCc4cnc[nH]4)C3)C2)o1. The summed E-state index contributed by atoms with van der Waals surface area (Å²) < 4.78 is 10.7. The fraction of sp³-hybridized carbons (Fsp3) is 0.571. The summed E-state index contributed by atoms with van der Waals surface area (Å²) in [6, 6.07) is 3.51. The maximum Gasteiger partial charge on any atom is 0.289 e. The third-order valence-electron chi connectivity index (χ3n) is 6.06. The molecule has 2 saturated heterocycles. The van der Waals surface area contributed by atoms with Crippen molar-refractivity contribution in [1.82, 2.24) is 19.8 Å². The molecule has 4 rings (SSSR count). The Morgan fingerprint density at radius 3 is 3.03 bits per heavy atom. The zero-order valence-electron chi connectivity index (χ0n) is 16.9. The Morgan fingerprint density at radius 2 is 2.24 bits per heavy atom. The second-order valence-corrected chi connectivity index (χ2v) is 8.17. The highest BCUT2D eigenvalue weighted by Crippen LogP contribution is 2.39. The molecule has 156 valence electrons. The second-order valence-electron chi connectivity index (χ2n) is 8.17. The first-order valence-electron chi connectivity index (χ1n) is 10.2. The normalized spacial score (nSPS) is 22.4. The van der Waals surface area contributed by atoms with E-state index in [0.717, 1.165) is 37.9 Å². The summed E-state index contributed by atoms with van der Waals surface area (Å²) in [5.41, 5.74) is 1.00. The number of furan rings is 1. The van der Waals surface area contributed by atoms with Crippen LogP contribution in [0.25, 0.3) is 0 Å². The number of amides is 2. The number of piperidine rings is 2. The average molecular weight is 400 g/mol. The molecule has 1 atom stereocenters. The van der Waals surface area contributed by atoms with Gasteiger partial charge in [0.15, 0.2) is 5.76 Å². The minimum atomic E-state index is -0.0765. The van der Waals surface area contributed by atoms with Gasteiger partial charge in [-0.3, -0.25) is 9.59 Å². The van der Waals surface area contributed by atoms with Gasteiger partial charge in [0.1, 0.15) is 12.4 Å². The zero-order valence-corrected chi connectivity index (χ0v) is 16.9. The molecule has 1 N–H and O–H groups in total. The van der Waals surface area contributed by atoms with Crippen LogP contribution < -0.4 is 0 Å². The van der Waals surface area contributed by atoms with Gasteiger partial charge in [0.05, 0.1) is 6.33 Å². The van der Waals surface area contributed by atoms with E-state index in [2.05, 4.69) is 9.97 Å². The van der Waals surface area contributed by atoms with E-state index in [0.29, 0.717) is 44.2 Å². The van der Waals surface area contributed by atoms with Gasteiger partial charge < -0.3 is 23.9 Å². The highest BCUT2D eigenvalue weighted by Gasteiger charge is 2.43. The molecule has 8 heteroatoms. The Balaban J connectivity index is 1.41. The largest absolute Gasteiger partial charge is 0.453 e. The molecular weight excluding hydrogens is 372 g/mol. The third-order valence-corrected chi connectivity index (χ3v) is 6.06. The first-order chi connectivity index (χ1) is 14.1. The molecule has 0 aromatic carbocycles. The van der Waals surface area contributed by atoms with Crippen molar-refractivity contribution in [1.29, 1.82) is 0 Å². The van der Waals surface area contributed by atoms with E-state index < -0.39 is 0 Å². The Hall–Kier alpha value is -2.61. The van der Waals surface area contributed by atoms with Gasteiger partial charge in [-0.1, -0.05) is 0 Å². The predicted octanol–water partition coefficient (Wildman–Crippen LogP) is 2.24. The molecule has 0 radical (unpaired) electrons. The smallest absolute Gasteiger partial charge is 0.289 e. The Kier molecular flexibility index (Phi) is 5.71. The summed E-state index contributed by atoms with van der Waals surface area (Å²) in [6.07, 6.45) is 7.59. The molecule has 2 fully saturated rings. The Labute approximate surface area is 170 Å². The lowest BCUT2D eigenvalue weighted by atomic mass is 9.73. The van der Waals surface area contributed by atoms with Crippen LogP contribution in [0.4, 0.5) is 0 Å². The number of nitrogens with one attached hydrogen (secondary N) is 1. The van der Waals surface area contributed by atoms with Crippen molar-refractivity contribution < 1.29 is 18.7 Å². The van der Waals surface area contributed by atoms with E-state index in [9.17, 15) is 9.59 Å². The number of aromatic amines is 1. The molecule has 2 aliphatic rings. The molecule has 0 aliphatic carbocycles. The fourth-order valence-electron chi connectivity index (χ4n) is 4.57. The molecule has 0 saturated carbocycles. The molecule has 0 unspecified atom stereocenters. The number of hydrogen-bond acceptors (Lipinski definition) is 5. The van der Waals surface area contributed by atoms with Crippen molar-refractivity contribution in [3.63, 3.8) is 0 Å². The quantitative estimate of drug-likeness (QED) is 0.803. The lowest BCUT2D eigenvalue weighted by Gasteiger charge is -2.48. The number of ether oxygens (including phenoxy) is 1. The summed E-state index contributed by atoms with van der Waals surface area (Å²) in [4.78, 5) is 36.4. The van der Waals surface area contributed by atoms with E-state index in [-0.39, 0.29) is 17.2 Å². The van der Waals surface area contributed by atoms with E-state index in [1.54, 1.807) is 31.8 Å². The summed E-state index contributed by atoms with van der Waals surface area (Å²) in [6.45, 7) is 3.12. The van der Waals surface area contributed by atoms with Crippen LogP contribution in [0.15, 0.2) is 29.1 Å². The molecule has 2 amide bonds. The summed E-state index contributed by atoms with van der Waals surface area (Å²) in [7, 11) is 1.60. The molecule has 0 bridgehead atoms. The number of likely N-dealkylation sites (tertiary alicyclic amines) is 2. The van der Waals surface area contributed by atoms with Crippen molar-refractivity contribution in [3.05, 3.63) is 41.9 Å². The summed E-state index contributed by atoms with van der Waals surface area (Å²) >= 11 is 0. The van der Waals surface area contributed by atoms with Gasteiger partial charge in [-0.25, -0.2) is 4.98 Å². The van der Waals surface area contributed by atoms with Crippen LogP contribution in [0.2, 0.25) is 0 Å². The fourth-order valence-corrected chi connectivity index (χ4v) is 4.57. The molecule has 2 aromatic rings. The van der Waals surface area contributed by atoms with Crippen molar-refractivity contribution in [2.24, 2.45) is 5.41 Å². The number of methoxy groups -OCH3 is 1. The Morgan fingerprint density at radius 1 is 1.34 bits per heavy atom. The van der Waals surface area contributed by atoms with Crippen LogP contribution in [0.3, 0.4) is 0 Å². The van der Waals surface area contributed by atoms with Gasteiger partial charge in [0.25, 0.3) is 5.91 Å². The number of aromatic nitrogens is 2. The number of hydrogen-bond donors (Lipinski definition) is 1. The van der Waals surface area contributed by atoms with Crippen LogP contribution in [-0.4, -0.2) is 64.9 Å². The Bertz CT molecular complexity index is 847. The number of H-pyrrole nitrogens is 1. The first kappa shape index (κ1) is 19.7. The second kappa shape index (κ2) is 8.41. The summed E-state index contributed by atoms with van der Waals surface area (Å²) in [5, 5.41) is 0. The van der Waals surface area contributed by atoms with Gasteiger partial charge in [-0.05, 0) is 31.4 Å². The molecule has 8 nitrogen and oxygen atoms in total. The van der Waals surface area contributed by atoms with E-state index in [1.807, 2.05) is 9.80 Å². The lowest BCUT2D eigenvalue weighted by Crippen LogP contribution is -2.55. The van der Waals surface area contributed by atoms with Crippen LogP contribution in [0.5, 0.6) is 0 Å². The van der Waals surface area contributed by atoms with E-state index in [1.165, 1.54) is 0 Å². The van der Waals surface area contributed by atoms with Gasteiger partial charge in [-0.15, -0.1) is 0 Å². The molecule has 4 heterocycles. The van der Waals surface area contributed by atoms with Crippen molar-refractivity contribution >= 4 is 11.8 Å². The monoisotopic (exact) mass is 400 g/mol. The van der Waals surface area contributed by atoms with Crippen LogP contribution in [0.1, 0.15) is 47.7 Å². The van der Waals surface area contributed by atoms with Gasteiger partial charge in [0, 0.05) is 63.4 Å². The number of rotatable bonds is 6. The highest BCUT2D eigenvalue weighted by molar-refractivity contribution is 5.91. The molecule has 1 spiro atoms. The van der Waals surface area contributed by atoms with E-state index >= 15 is 0 Å². The van der Waals surface area contributed by atoms with Gasteiger partial charge in [-0.2, -0.15) is 0 Å². The van der Waals surface area contributed by atoms with E-state index in [4.69, 9.17) is 9.15 Å². The maximum absolute atomic E-state index is 13.0. The molecule has 2 aliphatic heterocycles. The van der Waals surface area contributed by atoms with Crippen molar-refractivity contribution in [3.8, 4) is 0 Å². The van der Waals surface area contributed by atoms with Crippen molar-refractivity contribution in [2.75, 3.05) is 33.3 Å². The summed E-state index contributed by atoms with van der Waals surface area (Å²) in [5.74, 6) is 1.13. The van der Waals surface area contributed by atoms with Crippen LogP contribution >= 0.6 is 0 Å². The standard InChI is InChI=1S/C21H28N4O4/c1-28-12-17-3-4-18(29-17)20(27)25-9-2-7-21(14-25)8-5-19(26)24(13-21)10-6-16-11-22-15-23-16/h3-4,11,15H,2,5-10,12-14H2,1H3,(H,22,23)/t21-/m1/s1. The number of nitrogens with zero attached hydrogens (tertiary/aromatic N) is 3. The maximum atomic E-state index is 13.0. The third kappa shape index (κ3) is 4.37. The zero-order chi connectivity index (χ0) is 20.3. The number of imidazole rings is 1. The molecular formula is C21H28N4O4. The van der Waals surface area contributed by atoms with Gasteiger partial charge >= 0.3 is 0 Å². The topological polar surface area (TPSA) is 91.7 Å². The number of carbonyl (C=O) groups is 2. The van der Waals surface area contributed by atoms with Gasteiger partial charge in [0.2, 0.25) is 5.91 Å². The minimum Gasteiger partial charge on any atom is -0.453 e.